The van der Waals surface area contributed by atoms with Crippen molar-refractivity contribution in [2.45, 2.75) is 32.9 Å². The molecule has 0 radical (unpaired) electrons. The van der Waals surface area contributed by atoms with E-state index in [0.29, 0.717) is 6.54 Å². The summed E-state index contributed by atoms with van der Waals surface area (Å²) in [6.07, 6.45) is 1.35. The van der Waals surface area contributed by atoms with E-state index in [1.165, 1.54) is 0 Å². The number of benzene rings is 1. The number of aromatic nitrogens is 1. The molecule has 2 rings (SSSR count). The number of ether oxygens (including phenoxy) is 1. The first kappa shape index (κ1) is 16.8. The molecule has 0 aliphatic rings. The summed E-state index contributed by atoms with van der Waals surface area (Å²) in [6.45, 7) is 5.86. The summed E-state index contributed by atoms with van der Waals surface area (Å²) in [6, 6.07) is 11.1. The predicted molar refractivity (Wildman–Crippen MR) is 90.2 cm³/mol. The van der Waals surface area contributed by atoms with Crippen molar-refractivity contribution in [2.75, 3.05) is 0 Å². The quantitative estimate of drug-likeness (QED) is 0.947. The van der Waals surface area contributed by atoms with Gasteiger partial charge in [0.05, 0.1) is 0 Å². The molecular weight excluding hydrogens is 292 g/mol. The topological polar surface area (TPSA) is 60.3 Å². The van der Waals surface area contributed by atoms with Crippen LogP contribution in [-0.4, -0.2) is 16.3 Å². The van der Waals surface area contributed by atoms with Crippen molar-refractivity contribution in [3.05, 3.63) is 58.5 Å². The summed E-state index contributed by atoms with van der Waals surface area (Å²) in [5.41, 5.74) is 2.34. The van der Waals surface area contributed by atoms with Crippen LogP contribution < -0.4 is 10.9 Å². The Morgan fingerprint density at radius 2 is 1.91 bits per heavy atom. The monoisotopic (exact) mass is 314 g/mol. The number of hydrogen-bond donors (Lipinski definition) is 1. The van der Waals surface area contributed by atoms with Gasteiger partial charge in [0.1, 0.15) is 5.60 Å². The lowest BCUT2D eigenvalue weighted by molar-refractivity contribution is 0.0523. The van der Waals surface area contributed by atoms with Gasteiger partial charge in [0.2, 0.25) is 5.56 Å². The number of carbonyl (C=O) groups excluding carboxylic acids is 1. The Morgan fingerprint density at radius 3 is 2.57 bits per heavy atom. The van der Waals surface area contributed by atoms with Crippen LogP contribution in [-0.2, 0) is 18.3 Å². The number of amides is 1. The number of rotatable bonds is 3. The van der Waals surface area contributed by atoms with Crippen LogP contribution in [0, 0.1) is 0 Å². The molecule has 0 saturated carbocycles. The van der Waals surface area contributed by atoms with E-state index in [1.807, 2.05) is 45.0 Å². The molecule has 0 aliphatic heterocycles. The first-order valence-electron chi connectivity index (χ1n) is 7.47. The summed E-state index contributed by atoms with van der Waals surface area (Å²) < 4.78 is 6.76. The van der Waals surface area contributed by atoms with Gasteiger partial charge >= 0.3 is 6.09 Å². The van der Waals surface area contributed by atoms with Crippen LogP contribution in [0.5, 0.6) is 0 Å². The highest BCUT2D eigenvalue weighted by molar-refractivity contribution is 5.68. The minimum atomic E-state index is -0.513. The van der Waals surface area contributed by atoms with Gasteiger partial charge in [0, 0.05) is 25.9 Å². The number of alkyl carbamates (subject to hydrolysis) is 1. The lowest BCUT2D eigenvalue weighted by atomic mass is 10.0. The Labute approximate surface area is 135 Å². The van der Waals surface area contributed by atoms with Gasteiger partial charge in [-0.15, -0.1) is 0 Å². The molecule has 2 aromatic rings. The molecule has 0 atom stereocenters. The second kappa shape index (κ2) is 6.69. The molecule has 0 bridgehead atoms. The van der Waals surface area contributed by atoms with Crippen LogP contribution in [0.25, 0.3) is 11.1 Å². The smallest absolute Gasteiger partial charge is 0.407 e. The number of nitrogens with zero attached hydrogens (tertiary/aromatic N) is 1. The van der Waals surface area contributed by atoms with Crippen molar-refractivity contribution in [1.29, 1.82) is 0 Å². The fraction of sp³-hybridized carbons (Fsp3) is 0.333. The standard InChI is InChI=1S/C18H22N2O3/c1-18(2,3)23-17(22)19-11-13-6-5-7-14(10-13)15-8-9-16(21)20(4)12-15/h5-10,12H,11H2,1-4H3,(H,19,22). The zero-order valence-electron chi connectivity index (χ0n) is 13.9. The van der Waals surface area contributed by atoms with Gasteiger partial charge in [0.25, 0.3) is 0 Å². The summed E-state index contributed by atoms with van der Waals surface area (Å²) >= 11 is 0. The molecule has 0 aliphatic carbocycles. The van der Waals surface area contributed by atoms with Gasteiger partial charge < -0.3 is 14.6 Å². The molecule has 23 heavy (non-hydrogen) atoms. The zero-order chi connectivity index (χ0) is 17.0. The fourth-order valence-electron chi connectivity index (χ4n) is 2.11. The fourth-order valence-corrected chi connectivity index (χ4v) is 2.11. The van der Waals surface area contributed by atoms with Gasteiger partial charge in [-0.2, -0.15) is 0 Å². The normalized spacial score (nSPS) is 11.1. The maximum absolute atomic E-state index is 11.7. The SMILES string of the molecule is Cn1cc(-c2cccc(CNC(=O)OC(C)(C)C)c2)ccc1=O. The van der Waals surface area contributed by atoms with Crippen molar-refractivity contribution in [1.82, 2.24) is 9.88 Å². The second-order valence-corrected chi connectivity index (χ2v) is 6.42. The molecular formula is C18H22N2O3. The van der Waals surface area contributed by atoms with Gasteiger partial charge in [-0.25, -0.2) is 4.79 Å². The minimum Gasteiger partial charge on any atom is -0.444 e. The third-order valence-corrected chi connectivity index (χ3v) is 3.18. The predicted octanol–water partition coefficient (Wildman–Crippen LogP) is 3.08. The highest BCUT2D eigenvalue weighted by Crippen LogP contribution is 2.19. The van der Waals surface area contributed by atoms with Crippen LogP contribution in [0.4, 0.5) is 4.79 Å². The summed E-state index contributed by atoms with van der Waals surface area (Å²) in [5, 5.41) is 2.74. The van der Waals surface area contributed by atoms with E-state index in [9.17, 15) is 9.59 Å². The molecule has 1 amide bonds. The molecule has 0 saturated heterocycles. The first-order chi connectivity index (χ1) is 10.7. The lowest BCUT2D eigenvalue weighted by Gasteiger charge is -2.19. The van der Waals surface area contributed by atoms with E-state index in [0.717, 1.165) is 16.7 Å². The van der Waals surface area contributed by atoms with E-state index < -0.39 is 11.7 Å². The highest BCUT2D eigenvalue weighted by atomic mass is 16.6. The molecule has 5 nitrogen and oxygen atoms in total. The van der Waals surface area contributed by atoms with Crippen LogP contribution in [0.3, 0.4) is 0 Å². The van der Waals surface area contributed by atoms with Crippen molar-refractivity contribution < 1.29 is 9.53 Å². The second-order valence-electron chi connectivity index (χ2n) is 6.42. The Hall–Kier alpha value is -2.56. The Balaban J connectivity index is 2.09. The largest absolute Gasteiger partial charge is 0.444 e. The van der Waals surface area contributed by atoms with Crippen LogP contribution in [0.1, 0.15) is 26.3 Å². The Morgan fingerprint density at radius 1 is 1.17 bits per heavy atom. The summed E-state index contributed by atoms with van der Waals surface area (Å²) in [4.78, 5) is 23.2. The average Bonchev–Trinajstić information content (AvgIpc) is 2.46. The molecule has 5 heteroatoms. The van der Waals surface area contributed by atoms with Gasteiger partial charge in [-0.05, 0) is 49.6 Å². The van der Waals surface area contributed by atoms with Crippen molar-refractivity contribution >= 4 is 6.09 Å². The molecule has 122 valence electrons. The van der Waals surface area contributed by atoms with E-state index >= 15 is 0 Å². The molecule has 0 unspecified atom stereocenters. The average molecular weight is 314 g/mol. The molecule has 1 aromatic heterocycles. The van der Waals surface area contributed by atoms with Gasteiger partial charge in [0.15, 0.2) is 0 Å². The molecule has 1 aromatic carbocycles. The van der Waals surface area contributed by atoms with Crippen LogP contribution in [0.15, 0.2) is 47.4 Å². The number of pyridine rings is 1. The number of aryl methyl sites for hydroxylation is 1. The van der Waals surface area contributed by atoms with Gasteiger partial charge in [-0.1, -0.05) is 18.2 Å². The van der Waals surface area contributed by atoms with E-state index in [2.05, 4.69) is 5.32 Å². The number of carbonyl (C=O) groups is 1. The molecule has 0 fully saturated rings. The number of nitrogens with one attached hydrogen (secondary N) is 1. The molecule has 1 N–H and O–H groups in total. The third-order valence-electron chi connectivity index (χ3n) is 3.18. The van der Waals surface area contributed by atoms with Crippen molar-refractivity contribution in [3.8, 4) is 11.1 Å². The van der Waals surface area contributed by atoms with Crippen LogP contribution in [0.2, 0.25) is 0 Å². The zero-order valence-corrected chi connectivity index (χ0v) is 13.9. The third kappa shape index (κ3) is 4.98. The first-order valence-corrected chi connectivity index (χ1v) is 7.47. The minimum absolute atomic E-state index is 0.0449. The molecule has 0 spiro atoms. The van der Waals surface area contributed by atoms with Crippen LogP contribution >= 0.6 is 0 Å². The lowest BCUT2D eigenvalue weighted by Crippen LogP contribution is -2.32. The maximum atomic E-state index is 11.7. The van der Waals surface area contributed by atoms with E-state index in [4.69, 9.17) is 4.74 Å². The maximum Gasteiger partial charge on any atom is 0.407 e. The Kier molecular flexibility index (Phi) is 4.89. The highest BCUT2D eigenvalue weighted by Gasteiger charge is 2.15. The van der Waals surface area contributed by atoms with Crippen molar-refractivity contribution in [2.24, 2.45) is 7.05 Å². The Bertz CT molecular complexity index is 757. The van der Waals surface area contributed by atoms with Crippen molar-refractivity contribution in [3.63, 3.8) is 0 Å². The summed E-state index contributed by atoms with van der Waals surface area (Å²) in [7, 11) is 1.72. The summed E-state index contributed by atoms with van der Waals surface area (Å²) in [5.74, 6) is 0. The van der Waals surface area contributed by atoms with E-state index in [1.54, 1.807) is 29.9 Å². The van der Waals surface area contributed by atoms with E-state index in [-0.39, 0.29) is 5.56 Å². The number of hydrogen-bond acceptors (Lipinski definition) is 3. The molecule has 1 heterocycles. The van der Waals surface area contributed by atoms with Gasteiger partial charge in [-0.3, -0.25) is 4.79 Å².